The van der Waals surface area contributed by atoms with Gasteiger partial charge in [0.15, 0.2) is 0 Å². The second-order valence-electron chi connectivity index (χ2n) is 6.72. The Kier molecular flexibility index (Phi) is 5.59. The third-order valence-electron chi connectivity index (χ3n) is 4.48. The van der Waals surface area contributed by atoms with Crippen molar-refractivity contribution in [3.05, 3.63) is 54.1 Å². The minimum absolute atomic E-state index is 0.121. The molecule has 0 bridgehead atoms. The summed E-state index contributed by atoms with van der Waals surface area (Å²) < 4.78 is 5.59. The van der Waals surface area contributed by atoms with E-state index < -0.39 is 0 Å². The van der Waals surface area contributed by atoms with Gasteiger partial charge in [-0.15, -0.1) is 0 Å². The first-order valence-electron chi connectivity index (χ1n) is 9.05. The fourth-order valence-electron chi connectivity index (χ4n) is 3.08. The van der Waals surface area contributed by atoms with Crippen molar-refractivity contribution in [3.8, 4) is 5.75 Å². The summed E-state index contributed by atoms with van der Waals surface area (Å²) in [5.74, 6) is 1.36. The van der Waals surface area contributed by atoms with Crippen LogP contribution in [-0.4, -0.2) is 25.6 Å². The smallest absolute Gasteiger partial charge is 0.255 e. The van der Waals surface area contributed by atoms with E-state index in [4.69, 9.17) is 4.74 Å². The van der Waals surface area contributed by atoms with Crippen molar-refractivity contribution in [1.82, 2.24) is 0 Å². The molecular formula is C21H26N2O2. The number of hydrogen-bond acceptors (Lipinski definition) is 3. The minimum Gasteiger partial charge on any atom is -0.494 e. The van der Waals surface area contributed by atoms with Gasteiger partial charge in [-0.05, 0) is 61.2 Å². The highest BCUT2D eigenvalue weighted by molar-refractivity contribution is 6.04. The summed E-state index contributed by atoms with van der Waals surface area (Å²) >= 11 is 0. The SMILES string of the molecule is CCCOc1cccc(C(=O)Nc2ccc(N3CCC(C)C3)cc2)c1. The fourth-order valence-corrected chi connectivity index (χ4v) is 3.08. The quantitative estimate of drug-likeness (QED) is 0.838. The van der Waals surface area contributed by atoms with E-state index in [0.29, 0.717) is 12.2 Å². The summed E-state index contributed by atoms with van der Waals surface area (Å²) in [5, 5.41) is 2.96. The summed E-state index contributed by atoms with van der Waals surface area (Å²) in [6.45, 7) is 7.21. The molecule has 0 saturated carbocycles. The van der Waals surface area contributed by atoms with E-state index in [9.17, 15) is 4.79 Å². The molecule has 1 aliphatic rings. The molecule has 1 saturated heterocycles. The van der Waals surface area contributed by atoms with Crippen molar-refractivity contribution in [3.63, 3.8) is 0 Å². The Morgan fingerprint density at radius 2 is 2.04 bits per heavy atom. The van der Waals surface area contributed by atoms with Gasteiger partial charge in [0, 0.05) is 30.0 Å². The van der Waals surface area contributed by atoms with Gasteiger partial charge in [0.25, 0.3) is 5.91 Å². The van der Waals surface area contributed by atoms with Gasteiger partial charge in [-0.1, -0.05) is 19.9 Å². The van der Waals surface area contributed by atoms with Gasteiger partial charge in [0.1, 0.15) is 5.75 Å². The molecule has 0 aromatic heterocycles. The van der Waals surface area contributed by atoms with Crippen molar-refractivity contribution in [2.45, 2.75) is 26.7 Å². The van der Waals surface area contributed by atoms with Crippen LogP contribution < -0.4 is 15.0 Å². The molecule has 4 heteroatoms. The molecule has 1 amide bonds. The van der Waals surface area contributed by atoms with Crippen LogP contribution in [0.1, 0.15) is 37.0 Å². The summed E-state index contributed by atoms with van der Waals surface area (Å²) in [6.07, 6.45) is 2.19. The Balaban J connectivity index is 1.63. The number of nitrogens with one attached hydrogen (secondary N) is 1. The van der Waals surface area contributed by atoms with Gasteiger partial charge in [-0.25, -0.2) is 0 Å². The van der Waals surface area contributed by atoms with Crippen LogP contribution in [-0.2, 0) is 0 Å². The second kappa shape index (κ2) is 8.06. The molecule has 132 valence electrons. The lowest BCUT2D eigenvalue weighted by molar-refractivity contribution is 0.102. The average molecular weight is 338 g/mol. The first-order valence-corrected chi connectivity index (χ1v) is 9.05. The minimum atomic E-state index is -0.121. The summed E-state index contributed by atoms with van der Waals surface area (Å²) in [7, 11) is 0. The number of carbonyl (C=O) groups is 1. The molecule has 1 N–H and O–H groups in total. The fraction of sp³-hybridized carbons (Fsp3) is 0.381. The lowest BCUT2D eigenvalue weighted by Crippen LogP contribution is -2.19. The van der Waals surface area contributed by atoms with Crippen LogP contribution in [0.5, 0.6) is 5.75 Å². The lowest BCUT2D eigenvalue weighted by atomic mass is 10.2. The molecule has 0 aliphatic carbocycles. The van der Waals surface area contributed by atoms with E-state index in [1.807, 2.05) is 24.3 Å². The van der Waals surface area contributed by atoms with E-state index in [1.54, 1.807) is 12.1 Å². The maximum Gasteiger partial charge on any atom is 0.255 e. The number of nitrogens with zero attached hydrogens (tertiary/aromatic N) is 1. The predicted molar refractivity (Wildman–Crippen MR) is 103 cm³/mol. The third kappa shape index (κ3) is 4.53. The molecule has 2 aromatic rings. The molecule has 1 atom stereocenters. The van der Waals surface area contributed by atoms with Crippen LogP contribution in [0, 0.1) is 5.92 Å². The van der Waals surface area contributed by atoms with Crippen molar-refractivity contribution in [1.29, 1.82) is 0 Å². The van der Waals surface area contributed by atoms with Gasteiger partial charge < -0.3 is 15.0 Å². The Morgan fingerprint density at radius 3 is 2.72 bits per heavy atom. The van der Waals surface area contributed by atoms with Crippen LogP contribution in [0.15, 0.2) is 48.5 Å². The van der Waals surface area contributed by atoms with Crippen molar-refractivity contribution in [2.24, 2.45) is 5.92 Å². The van der Waals surface area contributed by atoms with Gasteiger partial charge in [0.2, 0.25) is 0 Å². The highest BCUT2D eigenvalue weighted by atomic mass is 16.5. The van der Waals surface area contributed by atoms with E-state index in [1.165, 1.54) is 12.1 Å². The van der Waals surface area contributed by atoms with E-state index in [-0.39, 0.29) is 5.91 Å². The maximum absolute atomic E-state index is 12.4. The molecule has 1 heterocycles. The van der Waals surface area contributed by atoms with Crippen LogP contribution in [0.2, 0.25) is 0 Å². The van der Waals surface area contributed by atoms with E-state index in [0.717, 1.165) is 36.9 Å². The van der Waals surface area contributed by atoms with Crippen LogP contribution >= 0.6 is 0 Å². The zero-order valence-corrected chi connectivity index (χ0v) is 15.0. The van der Waals surface area contributed by atoms with Gasteiger partial charge in [0.05, 0.1) is 6.61 Å². The maximum atomic E-state index is 12.4. The Labute approximate surface area is 149 Å². The number of rotatable bonds is 6. The second-order valence-corrected chi connectivity index (χ2v) is 6.72. The predicted octanol–water partition coefficient (Wildman–Crippen LogP) is 4.57. The first kappa shape index (κ1) is 17.3. The Hall–Kier alpha value is -2.49. The zero-order valence-electron chi connectivity index (χ0n) is 15.0. The molecular weight excluding hydrogens is 312 g/mol. The molecule has 0 radical (unpaired) electrons. The highest BCUT2D eigenvalue weighted by Crippen LogP contribution is 2.25. The van der Waals surface area contributed by atoms with Crippen molar-refractivity contribution < 1.29 is 9.53 Å². The largest absolute Gasteiger partial charge is 0.494 e. The summed E-state index contributed by atoms with van der Waals surface area (Å²) in [5.41, 5.74) is 2.63. The standard InChI is InChI=1S/C21H26N2O2/c1-3-13-25-20-6-4-5-17(14-20)21(24)22-18-7-9-19(10-8-18)23-12-11-16(2)15-23/h4-10,14,16H,3,11-13,15H2,1-2H3,(H,22,24). The average Bonchev–Trinajstić information content (AvgIpc) is 3.07. The molecule has 3 rings (SSSR count). The number of anilines is 2. The Morgan fingerprint density at radius 1 is 1.24 bits per heavy atom. The van der Waals surface area contributed by atoms with Crippen LogP contribution in [0.25, 0.3) is 0 Å². The monoisotopic (exact) mass is 338 g/mol. The normalized spacial score (nSPS) is 16.7. The number of benzene rings is 2. The van der Waals surface area contributed by atoms with E-state index >= 15 is 0 Å². The van der Waals surface area contributed by atoms with Gasteiger partial charge in [-0.3, -0.25) is 4.79 Å². The molecule has 4 nitrogen and oxygen atoms in total. The molecule has 1 aliphatic heterocycles. The van der Waals surface area contributed by atoms with Crippen LogP contribution in [0.4, 0.5) is 11.4 Å². The third-order valence-corrected chi connectivity index (χ3v) is 4.48. The molecule has 25 heavy (non-hydrogen) atoms. The van der Waals surface area contributed by atoms with Crippen molar-refractivity contribution >= 4 is 17.3 Å². The van der Waals surface area contributed by atoms with E-state index in [2.05, 4.69) is 36.2 Å². The summed E-state index contributed by atoms with van der Waals surface area (Å²) in [6, 6.07) is 15.4. The number of carbonyl (C=O) groups excluding carboxylic acids is 1. The van der Waals surface area contributed by atoms with Crippen molar-refractivity contribution in [2.75, 3.05) is 29.9 Å². The topological polar surface area (TPSA) is 41.6 Å². The summed E-state index contributed by atoms with van der Waals surface area (Å²) in [4.78, 5) is 14.8. The molecule has 2 aromatic carbocycles. The highest BCUT2D eigenvalue weighted by Gasteiger charge is 2.18. The zero-order chi connectivity index (χ0) is 17.6. The Bertz CT molecular complexity index is 712. The molecule has 1 fully saturated rings. The number of hydrogen-bond donors (Lipinski definition) is 1. The molecule has 0 spiro atoms. The number of amides is 1. The van der Waals surface area contributed by atoms with Gasteiger partial charge >= 0.3 is 0 Å². The van der Waals surface area contributed by atoms with Crippen LogP contribution in [0.3, 0.4) is 0 Å². The van der Waals surface area contributed by atoms with Gasteiger partial charge in [-0.2, -0.15) is 0 Å². The lowest BCUT2D eigenvalue weighted by Gasteiger charge is -2.18. The molecule has 1 unspecified atom stereocenters. The first-order chi connectivity index (χ1) is 12.2. The number of ether oxygens (including phenoxy) is 1.